The Morgan fingerprint density at radius 2 is 0.754 bits per heavy atom. The summed E-state index contributed by atoms with van der Waals surface area (Å²) >= 11 is 0. The first kappa shape index (κ1) is 37.4. The summed E-state index contributed by atoms with van der Waals surface area (Å²) < 4.78 is 0. The molecule has 1 fully saturated rings. The fourth-order valence-corrected chi connectivity index (χ4v) is 11.2. The second kappa shape index (κ2) is 15.0. The zero-order valence-corrected chi connectivity index (χ0v) is 35.9. The van der Waals surface area contributed by atoms with Crippen molar-refractivity contribution in [2.24, 2.45) is 0 Å². The standard InChI is InChI=1S/C60H45N5/c1-3-17-44(18-4-1)62-52-21-7-11-25-56(52)64(57-26-12-8-22-53(57)62)46-34-36-49-48-35-30-42(39-50(48)60(51(49)40-46)37-15-16-38-60)29-31-43-32-33-47(41-61-43)65-58-27-13-9-23-54(58)63(45-19-5-2-6-20-45)55-24-10-14-28-59(55)65/h1-14,17-36,39-41H,15-16,37-38H2. The Bertz CT molecular complexity index is 3200. The van der Waals surface area contributed by atoms with E-state index < -0.39 is 0 Å². The monoisotopic (exact) mass is 835 g/mol. The number of fused-ring (bicyclic) bond motifs is 9. The maximum atomic E-state index is 5.03. The van der Waals surface area contributed by atoms with Crippen LogP contribution < -0.4 is 19.6 Å². The van der Waals surface area contributed by atoms with Crippen molar-refractivity contribution in [2.75, 3.05) is 19.6 Å². The topological polar surface area (TPSA) is 25.9 Å². The third kappa shape index (κ3) is 5.89. The van der Waals surface area contributed by atoms with Crippen LogP contribution in [0.4, 0.5) is 68.2 Å². The lowest BCUT2D eigenvalue weighted by Gasteiger charge is -2.40. The Hall–Kier alpha value is -8.15. The summed E-state index contributed by atoms with van der Waals surface area (Å²) in [6, 6.07) is 74.9. The molecule has 3 heterocycles. The SMILES string of the molecule is C(=Cc1ccc(N2c3ccccc3N(c3ccccc3)c3ccccc32)cn1)c1ccc2c(c1)C1(CCCC1)c1cc(N3c4ccccc4N(c4ccccc4)c4ccccc43)ccc1-2. The van der Waals surface area contributed by atoms with E-state index in [9.17, 15) is 0 Å². The first-order valence-electron chi connectivity index (χ1n) is 22.8. The third-order valence-corrected chi connectivity index (χ3v) is 14.0. The molecule has 9 aromatic rings. The van der Waals surface area contributed by atoms with Crippen molar-refractivity contribution in [3.8, 4) is 11.1 Å². The van der Waals surface area contributed by atoms with E-state index in [4.69, 9.17) is 4.98 Å². The van der Waals surface area contributed by atoms with Crippen LogP contribution in [0.3, 0.4) is 0 Å². The van der Waals surface area contributed by atoms with E-state index in [1.165, 1.54) is 69.1 Å². The highest BCUT2D eigenvalue weighted by molar-refractivity contribution is 6.03. The molecule has 1 spiro atoms. The summed E-state index contributed by atoms with van der Waals surface area (Å²) in [4.78, 5) is 14.6. The maximum Gasteiger partial charge on any atom is 0.0704 e. The first-order valence-corrected chi connectivity index (χ1v) is 22.8. The van der Waals surface area contributed by atoms with Crippen LogP contribution in [0.5, 0.6) is 0 Å². The van der Waals surface area contributed by atoms with E-state index in [1.54, 1.807) is 0 Å². The molecule has 310 valence electrons. The van der Waals surface area contributed by atoms with Crippen LogP contribution in [-0.2, 0) is 5.41 Å². The fraction of sp³-hybridized carbons (Fsp3) is 0.0833. The number of benzene rings is 8. The van der Waals surface area contributed by atoms with Crippen molar-refractivity contribution < 1.29 is 0 Å². The largest absolute Gasteiger partial charge is 0.306 e. The predicted molar refractivity (Wildman–Crippen MR) is 270 cm³/mol. The number of rotatable bonds is 6. The summed E-state index contributed by atoms with van der Waals surface area (Å²) in [6.07, 6.45) is 11.2. The molecule has 2 aliphatic heterocycles. The zero-order valence-electron chi connectivity index (χ0n) is 35.9. The Morgan fingerprint density at radius 1 is 0.354 bits per heavy atom. The van der Waals surface area contributed by atoms with Gasteiger partial charge in [-0.3, -0.25) is 4.98 Å². The fourth-order valence-electron chi connectivity index (χ4n) is 11.2. The Labute approximate surface area is 380 Å². The molecule has 5 heteroatoms. The van der Waals surface area contributed by atoms with Crippen LogP contribution >= 0.6 is 0 Å². The summed E-state index contributed by atoms with van der Waals surface area (Å²) in [5.41, 5.74) is 21.5. The van der Waals surface area contributed by atoms with Crippen LogP contribution in [0.15, 0.2) is 212 Å². The minimum atomic E-state index is -0.00750. The van der Waals surface area contributed by atoms with Gasteiger partial charge in [0.2, 0.25) is 0 Å². The molecule has 0 radical (unpaired) electrons. The highest BCUT2D eigenvalue weighted by atomic mass is 15.3. The molecule has 65 heavy (non-hydrogen) atoms. The maximum absolute atomic E-state index is 5.03. The van der Waals surface area contributed by atoms with Crippen molar-refractivity contribution in [1.82, 2.24) is 4.98 Å². The van der Waals surface area contributed by atoms with Crippen LogP contribution in [0.25, 0.3) is 23.3 Å². The second-order valence-corrected chi connectivity index (χ2v) is 17.6. The quantitative estimate of drug-likeness (QED) is 0.166. The molecule has 1 saturated carbocycles. The van der Waals surface area contributed by atoms with Crippen molar-refractivity contribution in [2.45, 2.75) is 31.1 Å². The van der Waals surface area contributed by atoms with E-state index in [0.717, 1.165) is 58.3 Å². The molecule has 0 unspecified atom stereocenters. The van der Waals surface area contributed by atoms with E-state index in [2.05, 4.69) is 238 Å². The lowest BCUT2D eigenvalue weighted by atomic mass is 9.76. The van der Waals surface area contributed by atoms with Gasteiger partial charge in [0.1, 0.15) is 0 Å². The molecule has 0 amide bonds. The summed E-state index contributed by atoms with van der Waals surface area (Å²) in [6.45, 7) is 0. The molecular formula is C60H45N5. The molecular weight excluding hydrogens is 791 g/mol. The summed E-state index contributed by atoms with van der Waals surface area (Å²) in [7, 11) is 0. The van der Waals surface area contributed by atoms with E-state index in [-0.39, 0.29) is 5.41 Å². The van der Waals surface area contributed by atoms with Gasteiger partial charge in [0.15, 0.2) is 0 Å². The predicted octanol–water partition coefficient (Wildman–Crippen LogP) is 16.6. The van der Waals surface area contributed by atoms with Gasteiger partial charge in [-0.1, -0.05) is 128 Å². The lowest BCUT2D eigenvalue weighted by molar-refractivity contribution is 0.550. The first-order chi connectivity index (χ1) is 32.2. The number of anilines is 12. The van der Waals surface area contributed by atoms with Gasteiger partial charge >= 0.3 is 0 Å². The van der Waals surface area contributed by atoms with Gasteiger partial charge in [-0.15, -0.1) is 0 Å². The van der Waals surface area contributed by atoms with Crippen molar-refractivity contribution in [3.05, 3.63) is 235 Å². The zero-order chi connectivity index (χ0) is 42.9. The number of hydrogen-bond acceptors (Lipinski definition) is 5. The Balaban J connectivity index is 0.822. The molecule has 13 rings (SSSR count). The number of pyridine rings is 1. The second-order valence-electron chi connectivity index (χ2n) is 17.6. The summed E-state index contributed by atoms with van der Waals surface area (Å²) in [5, 5.41) is 0. The van der Waals surface area contributed by atoms with Gasteiger partial charge in [0.05, 0.1) is 63.1 Å². The Morgan fingerprint density at radius 3 is 1.22 bits per heavy atom. The average Bonchev–Trinajstić information content (AvgIpc) is 3.98. The molecule has 1 aromatic heterocycles. The van der Waals surface area contributed by atoms with E-state index in [1.807, 2.05) is 6.20 Å². The molecule has 0 saturated heterocycles. The molecule has 0 N–H and O–H groups in total. The minimum absolute atomic E-state index is 0.00750. The van der Waals surface area contributed by atoms with Crippen LogP contribution in [0.2, 0.25) is 0 Å². The van der Waals surface area contributed by atoms with Gasteiger partial charge in [-0.25, -0.2) is 0 Å². The van der Waals surface area contributed by atoms with Gasteiger partial charge in [-0.05, 0) is 144 Å². The minimum Gasteiger partial charge on any atom is -0.306 e. The van der Waals surface area contributed by atoms with Crippen LogP contribution in [0.1, 0.15) is 48.1 Å². The van der Waals surface area contributed by atoms with E-state index >= 15 is 0 Å². The van der Waals surface area contributed by atoms with Crippen LogP contribution in [0, 0.1) is 0 Å². The molecule has 2 aliphatic carbocycles. The van der Waals surface area contributed by atoms with Crippen molar-refractivity contribution in [3.63, 3.8) is 0 Å². The molecule has 8 aromatic carbocycles. The number of nitrogens with zero attached hydrogens (tertiary/aromatic N) is 5. The molecule has 5 nitrogen and oxygen atoms in total. The van der Waals surface area contributed by atoms with Gasteiger partial charge < -0.3 is 19.6 Å². The van der Waals surface area contributed by atoms with Gasteiger partial charge in [0.25, 0.3) is 0 Å². The summed E-state index contributed by atoms with van der Waals surface area (Å²) in [5.74, 6) is 0. The molecule has 4 aliphatic rings. The highest BCUT2D eigenvalue weighted by Crippen LogP contribution is 2.60. The highest BCUT2D eigenvalue weighted by Gasteiger charge is 2.45. The smallest absolute Gasteiger partial charge is 0.0704 e. The number of hydrogen-bond donors (Lipinski definition) is 0. The normalized spacial score (nSPS) is 15.1. The number of aromatic nitrogens is 1. The lowest BCUT2D eigenvalue weighted by Crippen LogP contribution is -2.25. The molecule has 0 atom stereocenters. The van der Waals surface area contributed by atoms with Crippen LogP contribution in [-0.4, -0.2) is 4.98 Å². The third-order valence-electron chi connectivity index (χ3n) is 14.0. The Kier molecular flexibility index (Phi) is 8.63. The van der Waals surface area contributed by atoms with E-state index in [0.29, 0.717) is 0 Å². The van der Waals surface area contributed by atoms with Crippen molar-refractivity contribution in [1.29, 1.82) is 0 Å². The van der Waals surface area contributed by atoms with Gasteiger partial charge in [0, 0.05) is 22.5 Å². The molecule has 0 bridgehead atoms. The van der Waals surface area contributed by atoms with Crippen molar-refractivity contribution >= 4 is 80.4 Å². The van der Waals surface area contributed by atoms with Gasteiger partial charge in [-0.2, -0.15) is 0 Å². The number of para-hydroxylation sites is 10. The average molecular weight is 836 g/mol.